The van der Waals surface area contributed by atoms with E-state index in [0.29, 0.717) is 17.1 Å². The summed E-state index contributed by atoms with van der Waals surface area (Å²) in [4.78, 5) is 14.2. The fourth-order valence-electron chi connectivity index (χ4n) is 2.11. The number of morpholine rings is 1. The van der Waals surface area contributed by atoms with Crippen LogP contribution in [0.2, 0.25) is 5.02 Å². The summed E-state index contributed by atoms with van der Waals surface area (Å²) >= 11 is 5.93. The number of nitrogens with one attached hydrogen (secondary N) is 1. The molecule has 0 unspecified atom stereocenters. The molecule has 0 aromatic heterocycles. The first-order valence-corrected chi connectivity index (χ1v) is 7.11. The molecule has 1 aliphatic rings. The highest BCUT2D eigenvalue weighted by atomic mass is 35.5. The summed E-state index contributed by atoms with van der Waals surface area (Å²) in [5.74, 6) is -0.222. The number of benzene rings is 1. The molecular weight excluding hydrogens is 280 g/mol. The van der Waals surface area contributed by atoms with E-state index in [1.54, 1.807) is 0 Å². The standard InChI is InChI=1S/C14H19ClN2O3/c15-13-3-2-11(18)10-12(13)14(19)16-4-1-5-17-6-8-20-9-7-17/h2-3,10,18H,1,4-9H2,(H,16,19). The van der Waals surface area contributed by atoms with Crippen molar-refractivity contribution in [3.63, 3.8) is 0 Å². The number of rotatable bonds is 5. The number of halogens is 1. The number of phenols is 1. The van der Waals surface area contributed by atoms with E-state index >= 15 is 0 Å². The predicted octanol–water partition coefficient (Wildman–Crippen LogP) is 1.50. The molecule has 1 aromatic carbocycles. The van der Waals surface area contributed by atoms with Crippen LogP contribution in [0.1, 0.15) is 16.8 Å². The van der Waals surface area contributed by atoms with Crippen molar-refractivity contribution in [1.82, 2.24) is 10.2 Å². The molecule has 0 radical (unpaired) electrons. The minimum Gasteiger partial charge on any atom is -0.508 e. The smallest absolute Gasteiger partial charge is 0.252 e. The van der Waals surface area contributed by atoms with Crippen LogP contribution in [-0.4, -0.2) is 55.3 Å². The van der Waals surface area contributed by atoms with Crippen LogP contribution in [0.3, 0.4) is 0 Å². The second-order valence-electron chi connectivity index (χ2n) is 4.73. The second kappa shape index (κ2) is 7.47. The van der Waals surface area contributed by atoms with Gasteiger partial charge in [-0.2, -0.15) is 0 Å². The third kappa shape index (κ3) is 4.37. The van der Waals surface area contributed by atoms with Gasteiger partial charge in [-0.3, -0.25) is 9.69 Å². The molecule has 2 rings (SSSR count). The Hall–Kier alpha value is -1.30. The Bertz CT molecular complexity index is 462. The van der Waals surface area contributed by atoms with Crippen LogP contribution < -0.4 is 5.32 Å². The molecule has 0 saturated carbocycles. The molecule has 20 heavy (non-hydrogen) atoms. The number of aromatic hydroxyl groups is 1. The zero-order valence-electron chi connectivity index (χ0n) is 11.3. The minimum atomic E-state index is -0.257. The Labute approximate surface area is 123 Å². The number of hydrogen-bond acceptors (Lipinski definition) is 4. The molecule has 0 aliphatic carbocycles. The largest absolute Gasteiger partial charge is 0.508 e. The molecule has 1 aromatic rings. The third-order valence-corrected chi connectivity index (χ3v) is 3.56. The topological polar surface area (TPSA) is 61.8 Å². The monoisotopic (exact) mass is 298 g/mol. The molecule has 1 fully saturated rings. The van der Waals surface area contributed by atoms with E-state index in [4.69, 9.17) is 16.3 Å². The molecule has 0 bridgehead atoms. The molecule has 6 heteroatoms. The fraction of sp³-hybridized carbons (Fsp3) is 0.500. The van der Waals surface area contributed by atoms with Gasteiger partial charge in [0.1, 0.15) is 5.75 Å². The van der Waals surface area contributed by atoms with Gasteiger partial charge in [0, 0.05) is 19.6 Å². The van der Waals surface area contributed by atoms with E-state index in [1.165, 1.54) is 18.2 Å². The lowest BCUT2D eigenvalue weighted by Gasteiger charge is -2.26. The maximum absolute atomic E-state index is 11.9. The number of nitrogens with zero attached hydrogens (tertiary/aromatic N) is 1. The lowest BCUT2D eigenvalue weighted by Crippen LogP contribution is -2.38. The summed E-state index contributed by atoms with van der Waals surface area (Å²) < 4.78 is 5.28. The second-order valence-corrected chi connectivity index (χ2v) is 5.13. The molecule has 1 amide bonds. The van der Waals surface area contributed by atoms with Gasteiger partial charge >= 0.3 is 0 Å². The summed E-state index contributed by atoms with van der Waals surface area (Å²) in [6.45, 7) is 4.99. The molecule has 110 valence electrons. The molecule has 1 aliphatic heterocycles. The number of carbonyl (C=O) groups excluding carboxylic acids is 1. The molecule has 1 saturated heterocycles. The number of carbonyl (C=O) groups is 1. The normalized spacial score (nSPS) is 16.1. The van der Waals surface area contributed by atoms with Gasteiger partial charge in [0.15, 0.2) is 0 Å². The lowest BCUT2D eigenvalue weighted by molar-refractivity contribution is 0.0374. The zero-order chi connectivity index (χ0) is 14.4. The Morgan fingerprint density at radius 1 is 1.40 bits per heavy atom. The molecule has 5 nitrogen and oxygen atoms in total. The van der Waals surface area contributed by atoms with Crippen molar-refractivity contribution >= 4 is 17.5 Å². The van der Waals surface area contributed by atoms with E-state index in [9.17, 15) is 9.90 Å². The Kier molecular flexibility index (Phi) is 5.64. The van der Waals surface area contributed by atoms with Gasteiger partial charge in [0.05, 0.1) is 23.8 Å². The van der Waals surface area contributed by atoms with E-state index in [2.05, 4.69) is 10.2 Å². The van der Waals surface area contributed by atoms with Crippen molar-refractivity contribution in [2.75, 3.05) is 39.4 Å². The van der Waals surface area contributed by atoms with E-state index < -0.39 is 0 Å². The third-order valence-electron chi connectivity index (χ3n) is 3.23. The van der Waals surface area contributed by atoms with Crippen LogP contribution in [-0.2, 0) is 4.74 Å². The first-order valence-electron chi connectivity index (χ1n) is 6.73. The molecule has 2 N–H and O–H groups in total. The van der Waals surface area contributed by atoms with Gasteiger partial charge < -0.3 is 15.2 Å². The average molecular weight is 299 g/mol. The van der Waals surface area contributed by atoms with Crippen LogP contribution in [0.5, 0.6) is 5.75 Å². The predicted molar refractivity (Wildman–Crippen MR) is 77.3 cm³/mol. The molecule has 1 heterocycles. The highest BCUT2D eigenvalue weighted by molar-refractivity contribution is 6.33. The van der Waals surface area contributed by atoms with Crippen LogP contribution in [0.15, 0.2) is 18.2 Å². The maximum atomic E-state index is 11.9. The zero-order valence-corrected chi connectivity index (χ0v) is 12.0. The highest BCUT2D eigenvalue weighted by Gasteiger charge is 2.12. The summed E-state index contributed by atoms with van der Waals surface area (Å²) in [6, 6.07) is 4.34. The Morgan fingerprint density at radius 3 is 2.90 bits per heavy atom. The van der Waals surface area contributed by atoms with Crippen LogP contribution in [0.25, 0.3) is 0 Å². The number of hydrogen-bond donors (Lipinski definition) is 2. The van der Waals surface area contributed by atoms with Gasteiger partial charge in [0.25, 0.3) is 5.91 Å². The van der Waals surface area contributed by atoms with Crippen LogP contribution >= 0.6 is 11.6 Å². The average Bonchev–Trinajstić information content (AvgIpc) is 2.47. The first kappa shape index (κ1) is 15.1. The van der Waals surface area contributed by atoms with Gasteiger partial charge in [0.2, 0.25) is 0 Å². The Balaban J connectivity index is 1.73. The minimum absolute atomic E-state index is 0.0351. The Morgan fingerprint density at radius 2 is 2.15 bits per heavy atom. The van der Waals surface area contributed by atoms with Crippen molar-refractivity contribution in [2.24, 2.45) is 0 Å². The van der Waals surface area contributed by atoms with Crippen molar-refractivity contribution in [3.05, 3.63) is 28.8 Å². The summed E-state index contributed by atoms with van der Waals surface area (Å²) in [6.07, 6.45) is 0.877. The number of ether oxygens (including phenoxy) is 1. The van der Waals surface area contributed by atoms with Gasteiger partial charge in [-0.1, -0.05) is 11.6 Å². The molecular formula is C14H19ClN2O3. The lowest BCUT2D eigenvalue weighted by atomic mass is 10.2. The fourth-order valence-corrected chi connectivity index (χ4v) is 2.32. The molecule has 0 spiro atoms. The van der Waals surface area contributed by atoms with Crippen LogP contribution in [0, 0.1) is 0 Å². The van der Waals surface area contributed by atoms with Gasteiger partial charge in [-0.25, -0.2) is 0 Å². The van der Waals surface area contributed by atoms with Crippen molar-refractivity contribution < 1.29 is 14.6 Å². The van der Waals surface area contributed by atoms with Crippen LogP contribution in [0.4, 0.5) is 0 Å². The highest BCUT2D eigenvalue weighted by Crippen LogP contribution is 2.20. The molecule has 0 atom stereocenters. The van der Waals surface area contributed by atoms with Gasteiger partial charge in [-0.05, 0) is 31.2 Å². The number of amides is 1. The van der Waals surface area contributed by atoms with E-state index in [-0.39, 0.29) is 11.7 Å². The first-order chi connectivity index (χ1) is 9.66. The summed E-state index contributed by atoms with van der Waals surface area (Å²) in [5, 5.41) is 12.5. The quantitative estimate of drug-likeness (QED) is 0.809. The summed E-state index contributed by atoms with van der Waals surface area (Å²) in [5.41, 5.74) is 0.304. The van der Waals surface area contributed by atoms with E-state index in [1.807, 2.05) is 0 Å². The van der Waals surface area contributed by atoms with E-state index in [0.717, 1.165) is 39.3 Å². The van der Waals surface area contributed by atoms with Crippen molar-refractivity contribution in [3.8, 4) is 5.75 Å². The number of phenolic OH excluding ortho intramolecular Hbond substituents is 1. The van der Waals surface area contributed by atoms with Crippen molar-refractivity contribution in [2.45, 2.75) is 6.42 Å². The van der Waals surface area contributed by atoms with Gasteiger partial charge in [-0.15, -0.1) is 0 Å². The maximum Gasteiger partial charge on any atom is 0.252 e. The summed E-state index contributed by atoms with van der Waals surface area (Å²) in [7, 11) is 0. The SMILES string of the molecule is O=C(NCCCN1CCOCC1)c1cc(O)ccc1Cl. The van der Waals surface area contributed by atoms with Crippen molar-refractivity contribution in [1.29, 1.82) is 0 Å².